The molecule has 1 heterocycles. The van der Waals surface area contributed by atoms with E-state index in [1.165, 1.54) is 12.1 Å². The summed E-state index contributed by atoms with van der Waals surface area (Å²) < 4.78 is 122. The van der Waals surface area contributed by atoms with Crippen LogP contribution in [0.25, 0.3) is 0 Å². The van der Waals surface area contributed by atoms with E-state index in [4.69, 9.17) is 0 Å². The predicted octanol–water partition coefficient (Wildman–Crippen LogP) is 8.98. The summed E-state index contributed by atoms with van der Waals surface area (Å²) in [5.41, 5.74) is -3.71. The third-order valence-electron chi connectivity index (χ3n) is 7.63. The minimum Gasteiger partial charge on any atom is -0.481 e. The molecule has 1 N–H and O–H groups in total. The van der Waals surface area contributed by atoms with Crippen LogP contribution < -0.4 is 0 Å². The Morgan fingerprint density at radius 2 is 1.45 bits per heavy atom. The number of halogens is 9. The van der Waals surface area contributed by atoms with Crippen LogP contribution in [0.5, 0.6) is 0 Å². The average molecular weight is 584 g/mol. The lowest BCUT2D eigenvalue weighted by molar-refractivity contribution is -0.146. The van der Waals surface area contributed by atoms with E-state index in [0.29, 0.717) is 36.6 Å². The minimum absolute atomic E-state index is 0.108. The monoisotopic (exact) mass is 583 g/mol. The van der Waals surface area contributed by atoms with Gasteiger partial charge in [0.15, 0.2) is 0 Å². The highest BCUT2D eigenvalue weighted by atomic mass is 19.4. The Morgan fingerprint density at radius 3 is 1.93 bits per heavy atom. The number of carbonyl (C=O) groups is 1. The first-order chi connectivity index (χ1) is 18.5. The van der Waals surface area contributed by atoms with Crippen molar-refractivity contribution in [3.05, 3.63) is 70.3 Å². The number of carboxylic acid groups (broad SMARTS) is 1. The normalized spacial score (nSPS) is 21.8. The van der Waals surface area contributed by atoms with Crippen molar-refractivity contribution in [3.8, 4) is 0 Å². The number of aliphatic carboxylic acids is 1. The molecule has 3 nitrogen and oxygen atoms in total. The smallest absolute Gasteiger partial charge is 0.416 e. The molecule has 0 bridgehead atoms. The van der Waals surface area contributed by atoms with Gasteiger partial charge in [-0.15, -0.1) is 0 Å². The van der Waals surface area contributed by atoms with Gasteiger partial charge in [0.25, 0.3) is 0 Å². The van der Waals surface area contributed by atoms with E-state index in [1.54, 1.807) is 11.8 Å². The van der Waals surface area contributed by atoms with Gasteiger partial charge in [0.1, 0.15) is 0 Å². The summed E-state index contributed by atoms with van der Waals surface area (Å²) in [6, 6.07) is 3.97. The Balaban J connectivity index is 2.15. The molecule has 1 fully saturated rings. The fraction of sp³-hybridized carbons (Fsp3) is 0.536. The average Bonchev–Trinajstić information content (AvgIpc) is 2.84. The number of benzene rings is 2. The molecule has 2 aromatic carbocycles. The van der Waals surface area contributed by atoms with E-state index in [9.17, 15) is 49.4 Å². The fourth-order valence-corrected chi connectivity index (χ4v) is 5.75. The molecule has 2 aromatic rings. The molecule has 222 valence electrons. The van der Waals surface area contributed by atoms with Gasteiger partial charge in [-0.2, -0.15) is 39.5 Å². The van der Waals surface area contributed by atoms with E-state index >= 15 is 0 Å². The minimum atomic E-state index is -4.95. The number of likely N-dealkylation sites (tertiary alicyclic amines) is 1. The highest BCUT2D eigenvalue weighted by molar-refractivity contribution is 5.70. The van der Waals surface area contributed by atoms with E-state index < -0.39 is 77.2 Å². The van der Waals surface area contributed by atoms with Gasteiger partial charge in [-0.25, -0.2) is 0 Å². The third-order valence-corrected chi connectivity index (χ3v) is 7.63. The maximum atomic E-state index is 13.9. The molecule has 4 atom stereocenters. The molecule has 0 saturated carbocycles. The zero-order valence-corrected chi connectivity index (χ0v) is 21.8. The molecule has 0 aromatic heterocycles. The first-order valence-corrected chi connectivity index (χ1v) is 12.9. The quantitative estimate of drug-likeness (QED) is 0.316. The lowest BCUT2D eigenvalue weighted by Gasteiger charge is -2.47. The van der Waals surface area contributed by atoms with Crippen molar-refractivity contribution in [2.24, 2.45) is 11.8 Å². The van der Waals surface area contributed by atoms with E-state index in [1.807, 2.05) is 6.92 Å². The predicted molar refractivity (Wildman–Crippen MR) is 129 cm³/mol. The van der Waals surface area contributed by atoms with Gasteiger partial charge in [0.05, 0.1) is 22.6 Å². The molecule has 0 spiro atoms. The Labute approximate surface area is 226 Å². The van der Waals surface area contributed by atoms with Crippen LogP contribution in [0.2, 0.25) is 0 Å². The van der Waals surface area contributed by atoms with Gasteiger partial charge in [0, 0.05) is 18.6 Å². The number of nitrogens with zero attached hydrogens (tertiary/aromatic N) is 1. The number of hydrogen-bond donors (Lipinski definition) is 1. The van der Waals surface area contributed by atoms with Crippen LogP contribution in [-0.4, -0.2) is 22.0 Å². The molecule has 0 aliphatic carbocycles. The van der Waals surface area contributed by atoms with Crippen LogP contribution in [0.15, 0.2) is 42.5 Å². The van der Waals surface area contributed by atoms with Gasteiger partial charge >= 0.3 is 24.5 Å². The molecule has 1 aliphatic heterocycles. The highest BCUT2D eigenvalue weighted by Gasteiger charge is 2.43. The Kier molecular flexibility index (Phi) is 9.53. The van der Waals surface area contributed by atoms with E-state index in [-0.39, 0.29) is 19.3 Å². The Hall–Kier alpha value is -2.76. The summed E-state index contributed by atoms with van der Waals surface area (Å²) in [4.78, 5) is 13.6. The van der Waals surface area contributed by atoms with Gasteiger partial charge in [-0.1, -0.05) is 32.4 Å². The number of carboxylic acids is 1. The second kappa shape index (κ2) is 12.0. The number of alkyl halides is 9. The highest BCUT2D eigenvalue weighted by Crippen LogP contribution is 2.45. The number of hydrogen-bond acceptors (Lipinski definition) is 2. The number of piperidine rings is 1. The molecular formula is C28H30F9NO2. The van der Waals surface area contributed by atoms with Crippen molar-refractivity contribution in [2.45, 2.75) is 83.1 Å². The maximum Gasteiger partial charge on any atom is 0.416 e. The van der Waals surface area contributed by atoms with Crippen LogP contribution in [0, 0.1) is 11.8 Å². The van der Waals surface area contributed by atoms with Crippen molar-refractivity contribution in [1.82, 2.24) is 4.90 Å². The van der Waals surface area contributed by atoms with Crippen molar-refractivity contribution < 1.29 is 49.4 Å². The SMILES string of the molecule is CCC[C@H]1C[C@H](C(CC)C(=O)O)C[C@H](c2ccc(C(F)(F)F)cc2)N1Cc1cc(C(F)(F)F)ccc1C(F)(F)F. The topological polar surface area (TPSA) is 40.5 Å². The van der Waals surface area contributed by atoms with Crippen LogP contribution in [0.4, 0.5) is 39.5 Å². The molecule has 0 amide bonds. The zero-order valence-electron chi connectivity index (χ0n) is 21.8. The first kappa shape index (κ1) is 31.8. The molecular weight excluding hydrogens is 553 g/mol. The van der Waals surface area contributed by atoms with E-state index in [2.05, 4.69) is 0 Å². The number of rotatable bonds is 8. The molecule has 12 heteroatoms. The van der Waals surface area contributed by atoms with Crippen molar-refractivity contribution in [2.75, 3.05) is 0 Å². The molecule has 40 heavy (non-hydrogen) atoms. The van der Waals surface area contributed by atoms with Crippen LogP contribution in [0.3, 0.4) is 0 Å². The summed E-state index contributed by atoms with van der Waals surface area (Å²) >= 11 is 0. The Morgan fingerprint density at radius 1 is 0.875 bits per heavy atom. The third kappa shape index (κ3) is 7.30. The van der Waals surface area contributed by atoms with Crippen LogP contribution in [-0.2, 0) is 29.9 Å². The molecule has 1 aliphatic rings. The zero-order chi connectivity index (χ0) is 30.0. The molecule has 1 unspecified atom stereocenters. The van der Waals surface area contributed by atoms with Gasteiger partial charge in [-0.05, 0) is 73.1 Å². The lowest BCUT2D eigenvalue weighted by Crippen LogP contribution is -2.46. The largest absolute Gasteiger partial charge is 0.481 e. The molecule has 3 rings (SSSR count). The van der Waals surface area contributed by atoms with Gasteiger partial charge in [-0.3, -0.25) is 9.69 Å². The summed E-state index contributed by atoms with van der Waals surface area (Å²) in [6.45, 7) is 2.95. The molecule has 0 radical (unpaired) electrons. The Bertz CT molecular complexity index is 1160. The second-order valence-electron chi connectivity index (χ2n) is 10.2. The van der Waals surface area contributed by atoms with Gasteiger partial charge < -0.3 is 5.11 Å². The lowest BCUT2D eigenvalue weighted by atomic mass is 9.74. The summed E-state index contributed by atoms with van der Waals surface area (Å²) in [7, 11) is 0. The van der Waals surface area contributed by atoms with Crippen molar-refractivity contribution in [1.29, 1.82) is 0 Å². The molecule has 1 saturated heterocycles. The van der Waals surface area contributed by atoms with Gasteiger partial charge in [0.2, 0.25) is 0 Å². The maximum absolute atomic E-state index is 13.9. The van der Waals surface area contributed by atoms with Crippen LogP contribution in [0.1, 0.15) is 79.8 Å². The fourth-order valence-electron chi connectivity index (χ4n) is 5.75. The summed E-state index contributed by atoms with van der Waals surface area (Å²) in [5.74, 6) is -2.29. The standard InChI is InChI=1S/C28H30F9NO2/c1-3-5-21-13-17(22(4-2)25(39)40)14-24(16-6-8-19(9-7-16)26(29,30)31)38(21)15-18-12-20(27(32,33)34)10-11-23(18)28(35,36)37/h6-12,17,21-22,24H,3-5,13-15H2,1-2H3,(H,39,40)/t17-,21-,22?,24+/m0/s1. The summed E-state index contributed by atoms with van der Waals surface area (Å²) in [6.07, 6.45) is -12.9. The summed E-state index contributed by atoms with van der Waals surface area (Å²) in [5, 5.41) is 9.79. The van der Waals surface area contributed by atoms with Crippen molar-refractivity contribution >= 4 is 5.97 Å². The van der Waals surface area contributed by atoms with E-state index in [0.717, 1.165) is 12.1 Å². The first-order valence-electron chi connectivity index (χ1n) is 12.9. The van der Waals surface area contributed by atoms with Crippen molar-refractivity contribution in [3.63, 3.8) is 0 Å². The second-order valence-corrected chi connectivity index (χ2v) is 10.2. The van der Waals surface area contributed by atoms with Crippen LogP contribution >= 0.6 is 0 Å².